The smallest absolute Gasteiger partial charge is 0.264 e. The topological polar surface area (TPSA) is 66.8 Å². The van der Waals surface area contributed by atoms with Crippen LogP contribution in [0.5, 0.6) is 5.75 Å². The highest BCUT2D eigenvalue weighted by Crippen LogP contribution is 2.44. The van der Waals surface area contributed by atoms with Crippen LogP contribution >= 0.6 is 11.6 Å². The van der Waals surface area contributed by atoms with Crippen molar-refractivity contribution in [3.63, 3.8) is 0 Å². The van der Waals surface area contributed by atoms with E-state index in [0.717, 1.165) is 6.42 Å². The van der Waals surface area contributed by atoms with E-state index in [4.69, 9.17) is 16.3 Å². The van der Waals surface area contributed by atoms with E-state index in [1.165, 1.54) is 4.90 Å². The van der Waals surface area contributed by atoms with Crippen molar-refractivity contribution in [1.29, 1.82) is 0 Å². The van der Waals surface area contributed by atoms with Crippen LogP contribution < -0.4 is 9.64 Å². The number of aliphatic hydroxyl groups is 1. The van der Waals surface area contributed by atoms with Gasteiger partial charge in [0.1, 0.15) is 5.75 Å². The number of hydrogen-bond donors (Lipinski definition) is 1. The molecule has 0 saturated heterocycles. The molecular weight excluding hydrogens is 354 g/mol. The van der Waals surface area contributed by atoms with Crippen molar-refractivity contribution >= 4 is 29.0 Å². The van der Waals surface area contributed by atoms with Crippen LogP contribution in [0.2, 0.25) is 5.02 Å². The summed E-state index contributed by atoms with van der Waals surface area (Å²) in [5.74, 6) is -0.185. The maximum atomic E-state index is 12.9. The number of fused-ring (bicyclic) bond motifs is 1. The van der Waals surface area contributed by atoms with Crippen LogP contribution in [-0.4, -0.2) is 30.5 Å². The van der Waals surface area contributed by atoms with E-state index < -0.39 is 11.5 Å². The minimum absolute atomic E-state index is 0.326. The van der Waals surface area contributed by atoms with Gasteiger partial charge < -0.3 is 14.7 Å². The molecule has 6 heteroatoms. The van der Waals surface area contributed by atoms with Crippen LogP contribution in [0.1, 0.15) is 35.7 Å². The first-order valence-corrected chi connectivity index (χ1v) is 8.80. The van der Waals surface area contributed by atoms with Gasteiger partial charge in [-0.1, -0.05) is 18.5 Å². The number of amides is 1. The third kappa shape index (κ3) is 3.08. The molecule has 1 heterocycles. The molecule has 1 aliphatic rings. The third-order valence-corrected chi connectivity index (χ3v) is 4.80. The number of ketones is 1. The number of carbonyl (C=O) groups excluding carboxylic acids is 2. The number of ether oxygens (including phenoxy) is 1. The van der Waals surface area contributed by atoms with Crippen molar-refractivity contribution in [2.45, 2.75) is 25.4 Å². The van der Waals surface area contributed by atoms with Crippen LogP contribution in [0.3, 0.4) is 0 Å². The number of Topliss-reactive ketones (excluding diaryl/α,β-unsaturated/α-hetero) is 1. The average Bonchev–Trinajstić information content (AvgIpc) is 2.84. The molecule has 0 saturated carbocycles. The Balaban J connectivity index is 1.96. The molecule has 0 fully saturated rings. The summed E-state index contributed by atoms with van der Waals surface area (Å²) >= 11 is 6.07. The maximum Gasteiger partial charge on any atom is 0.264 e. The van der Waals surface area contributed by atoms with Crippen LogP contribution in [0.15, 0.2) is 42.5 Å². The van der Waals surface area contributed by atoms with Gasteiger partial charge in [0, 0.05) is 22.7 Å². The second-order valence-electron chi connectivity index (χ2n) is 6.31. The third-order valence-electron chi connectivity index (χ3n) is 4.57. The van der Waals surface area contributed by atoms with Crippen LogP contribution in [0.4, 0.5) is 5.69 Å². The van der Waals surface area contributed by atoms with Gasteiger partial charge in [0.25, 0.3) is 5.91 Å². The Morgan fingerprint density at radius 3 is 2.54 bits per heavy atom. The summed E-state index contributed by atoms with van der Waals surface area (Å²) in [6.07, 6.45) is 0.391. The Hall–Kier alpha value is -2.37. The van der Waals surface area contributed by atoms with Crippen molar-refractivity contribution in [3.05, 3.63) is 58.6 Å². The van der Waals surface area contributed by atoms with E-state index in [-0.39, 0.29) is 12.2 Å². The van der Waals surface area contributed by atoms with E-state index in [9.17, 15) is 14.7 Å². The molecule has 136 valence electrons. The van der Waals surface area contributed by atoms with Crippen molar-refractivity contribution < 1.29 is 19.4 Å². The molecule has 1 aliphatic heterocycles. The van der Waals surface area contributed by atoms with Gasteiger partial charge >= 0.3 is 0 Å². The minimum atomic E-state index is -1.91. The number of carbonyl (C=O) groups is 2. The summed E-state index contributed by atoms with van der Waals surface area (Å²) in [4.78, 5) is 27.1. The Morgan fingerprint density at radius 2 is 1.92 bits per heavy atom. The molecule has 1 unspecified atom stereocenters. The molecule has 0 aliphatic carbocycles. The lowest BCUT2D eigenvalue weighted by Gasteiger charge is -2.22. The molecule has 1 N–H and O–H groups in total. The summed E-state index contributed by atoms with van der Waals surface area (Å²) in [5.41, 5.74) is -0.520. The largest absolute Gasteiger partial charge is 0.497 e. The molecule has 5 nitrogen and oxygen atoms in total. The summed E-state index contributed by atoms with van der Waals surface area (Å²) in [6, 6.07) is 11.5. The van der Waals surface area contributed by atoms with Crippen molar-refractivity contribution in [2.24, 2.45) is 0 Å². The molecular formula is C20H20ClNO4. The maximum absolute atomic E-state index is 12.9. The minimum Gasteiger partial charge on any atom is -0.497 e. The molecule has 0 radical (unpaired) electrons. The van der Waals surface area contributed by atoms with Crippen LogP contribution in [0, 0.1) is 0 Å². The Morgan fingerprint density at radius 1 is 1.23 bits per heavy atom. The van der Waals surface area contributed by atoms with Crippen LogP contribution in [-0.2, 0) is 10.4 Å². The molecule has 3 rings (SSSR count). The monoisotopic (exact) mass is 373 g/mol. The van der Waals surface area contributed by atoms with Gasteiger partial charge in [0.2, 0.25) is 0 Å². The SMILES string of the molecule is CCCN1C(=O)C(O)(CC(=O)c2ccc(OC)cc2)c2cc(Cl)ccc21. The van der Waals surface area contributed by atoms with Gasteiger partial charge in [-0.15, -0.1) is 0 Å². The Bertz CT molecular complexity index is 849. The van der Waals surface area contributed by atoms with E-state index in [1.54, 1.807) is 49.6 Å². The first-order valence-electron chi connectivity index (χ1n) is 8.42. The molecule has 2 aromatic rings. The lowest BCUT2D eigenvalue weighted by Crippen LogP contribution is -2.42. The van der Waals surface area contributed by atoms with Gasteiger partial charge in [0.15, 0.2) is 11.4 Å². The van der Waals surface area contributed by atoms with Gasteiger partial charge in [-0.2, -0.15) is 0 Å². The predicted octanol–water partition coefficient (Wildman–Crippen LogP) is 3.57. The lowest BCUT2D eigenvalue weighted by molar-refractivity contribution is -0.135. The number of benzene rings is 2. The first kappa shape index (κ1) is 18.4. The zero-order chi connectivity index (χ0) is 18.9. The number of hydrogen-bond acceptors (Lipinski definition) is 4. The number of nitrogens with zero attached hydrogens (tertiary/aromatic N) is 1. The number of methoxy groups -OCH3 is 1. The predicted molar refractivity (Wildman–Crippen MR) is 99.9 cm³/mol. The van der Waals surface area contributed by atoms with Gasteiger partial charge in [-0.3, -0.25) is 9.59 Å². The fourth-order valence-corrected chi connectivity index (χ4v) is 3.42. The van der Waals surface area contributed by atoms with E-state index in [1.807, 2.05) is 6.92 Å². The molecule has 0 aromatic heterocycles. The summed E-state index contributed by atoms with van der Waals surface area (Å²) in [5, 5.41) is 11.6. The highest BCUT2D eigenvalue weighted by molar-refractivity contribution is 6.31. The zero-order valence-corrected chi connectivity index (χ0v) is 15.4. The second-order valence-corrected chi connectivity index (χ2v) is 6.74. The molecule has 0 bridgehead atoms. The molecule has 1 amide bonds. The summed E-state index contributed by atoms with van der Waals surface area (Å²) < 4.78 is 5.08. The van der Waals surface area contributed by atoms with Crippen molar-refractivity contribution in [1.82, 2.24) is 0 Å². The van der Waals surface area contributed by atoms with Crippen molar-refractivity contribution in [2.75, 3.05) is 18.6 Å². The van der Waals surface area contributed by atoms with E-state index in [2.05, 4.69) is 0 Å². The van der Waals surface area contributed by atoms with Gasteiger partial charge in [-0.05, 0) is 48.9 Å². The highest BCUT2D eigenvalue weighted by atomic mass is 35.5. The second kappa shape index (κ2) is 7.09. The lowest BCUT2D eigenvalue weighted by atomic mass is 9.88. The fraction of sp³-hybridized carbons (Fsp3) is 0.300. The highest BCUT2D eigenvalue weighted by Gasteiger charge is 2.50. The standard InChI is InChI=1S/C20H20ClNO4/c1-3-10-22-17-9-6-14(21)11-16(17)20(25,19(22)24)12-18(23)13-4-7-15(26-2)8-5-13/h4-9,11,25H,3,10,12H2,1-2H3. The van der Waals surface area contributed by atoms with Crippen LogP contribution in [0.25, 0.3) is 0 Å². The summed E-state index contributed by atoms with van der Waals surface area (Å²) in [6.45, 7) is 2.41. The Kier molecular flexibility index (Phi) is 5.03. The van der Waals surface area contributed by atoms with E-state index >= 15 is 0 Å². The Labute approximate surface area is 157 Å². The van der Waals surface area contributed by atoms with Gasteiger partial charge in [0.05, 0.1) is 19.2 Å². The quantitative estimate of drug-likeness (QED) is 0.786. The average molecular weight is 374 g/mol. The molecule has 0 spiro atoms. The molecule has 26 heavy (non-hydrogen) atoms. The molecule has 1 atom stereocenters. The van der Waals surface area contributed by atoms with Crippen molar-refractivity contribution in [3.8, 4) is 5.75 Å². The number of rotatable bonds is 6. The molecule has 2 aromatic carbocycles. The van der Waals surface area contributed by atoms with E-state index in [0.29, 0.717) is 34.1 Å². The van der Waals surface area contributed by atoms with Gasteiger partial charge in [-0.25, -0.2) is 0 Å². The number of anilines is 1. The first-order chi connectivity index (χ1) is 12.4. The normalized spacial score (nSPS) is 18.8. The number of halogens is 1. The summed E-state index contributed by atoms with van der Waals surface area (Å²) in [7, 11) is 1.54. The zero-order valence-electron chi connectivity index (χ0n) is 14.7. The fourth-order valence-electron chi connectivity index (χ4n) is 3.25.